The van der Waals surface area contributed by atoms with Crippen molar-refractivity contribution in [3.63, 3.8) is 0 Å². The minimum absolute atomic E-state index is 0.000532. The lowest BCUT2D eigenvalue weighted by Crippen LogP contribution is -2.21. The molecule has 0 saturated heterocycles. The molecule has 0 saturated carbocycles. The molecule has 0 aliphatic heterocycles. The van der Waals surface area contributed by atoms with Crippen LogP contribution in [0.4, 0.5) is 5.69 Å². The molecule has 0 fully saturated rings. The first-order valence-electron chi connectivity index (χ1n) is 8.57. The zero-order valence-corrected chi connectivity index (χ0v) is 14.9. The Kier molecular flexibility index (Phi) is 4.79. The largest absolute Gasteiger partial charge is 0.504 e. The van der Waals surface area contributed by atoms with Gasteiger partial charge in [0.05, 0.1) is 7.11 Å². The number of anilines is 1. The fourth-order valence-corrected chi connectivity index (χ4v) is 3.28. The first-order valence-corrected chi connectivity index (χ1v) is 8.57. The first kappa shape index (κ1) is 17.1. The van der Waals surface area contributed by atoms with Crippen LogP contribution in [0.1, 0.15) is 35.3 Å². The topological polar surface area (TPSA) is 49.8 Å². The summed E-state index contributed by atoms with van der Waals surface area (Å²) in [6.07, 6.45) is 2.49. The lowest BCUT2D eigenvalue weighted by molar-refractivity contribution is 0.104. The molecule has 1 aliphatic rings. The fraction of sp³-hybridized carbons (Fsp3) is 0.286. The number of nitrogens with zero attached hydrogens (tertiary/aromatic N) is 1. The van der Waals surface area contributed by atoms with E-state index < -0.39 is 0 Å². The Morgan fingerprint density at radius 1 is 1.16 bits per heavy atom. The Morgan fingerprint density at radius 2 is 1.84 bits per heavy atom. The Morgan fingerprint density at radius 3 is 2.44 bits per heavy atom. The molecule has 0 heterocycles. The lowest BCUT2D eigenvalue weighted by atomic mass is 10.1. The van der Waals surface area contributed by atoms with E-state index in [9.17, 15) is 9.90 Å². The van der Waals surface area contributed by atoms with E-state index in [1.54, 1.807) is 6.07 Å². The Labute approximate surface area is 148 Å². The van der Waals surface area contributed by atoms with Crippen molar-refractivity contribution in [2.24, 2.45) is 0 Å². The van der Waals surface area contributed by atoms with E-state index in [0.29, 0.717) is 17.7 Å². The van der Waals surface area contributed by atoms with Crippen LogP contribution in [0.5, 0.6) is 11.5 Å². The Bertz CT molecular complexity index is 818. The predicted molar refractivity (Wildman–Crippen MR) is 101 cm³/mol. The predicted octanol–water partition coefficient (Wildman–Crippen LogP) is 4.07. The third-order valence-corrected chi connectivity index (χ3v) is 4.68. The van der Waals surface area contributed by atoms with Gasteiger partial charge in [-0.25, -0.2) is 0 Å². The van der Waals surface area contributed by atoms with Gasteiger partial charge in [0.25, 0.3) is 0 Å². The summed E-state index contributed by atoms with van der Waals surface area (Å²) in [6.45, 7) is 6.21. The van der Waals surface area contributed by atoms with Crippen LogP contribution >= 0.6 is 0 Å². The quantitative estimate of drug-likeness (QED) is 0.836. The number of hydrogen-bond donors (Lipinski definition) is 1. The van der Waals surface area contributed by atoms with Crippen LogP contribution in [0.3, 0.4) is 0 Å². The molecule has 130 valence electrons. The van der Waals surface area contributed by atoms with Crippen molar-refractivity contribution in [3.05, 3.63) is 58.7 Å². The second-order valence-corrected chi connectivity index (χ2v) is 6.12. The van der Waals surface area contributed by atoms with Gasteiger partial charge in [-0.1, -0.05) is 12.1 Å². The van der Waals surface area contributed by atoms with Gasteiger partial charge in [0.2, 0.25) is 0 Å². The summed E-state index contributed by atoms with van der Waals surface area (Å²) in [4.78, 5) is 14.9. The smallest absolute Gasteiger partial charge is 0.189 e. The van der Waals surface area contributed by atoms with Gasteiger partial charge in [-0.3, -0.25) is 4.79 Å². The molecular weight excluding hydrogens is 314 g/mol. The van der Waals surface area contributed by atoms with Gasteiger partial charge in [0.15, 0.2) is 17.3 Å². The van der Waals surface area contributed by atoms with E-state index in [1.807, 2.05) is 18.2 Å². The molecule has 0 unspecified atom stereocenters. The van der Waals surface area contributed by atoms with Crippen molar-refractivity contribution < 1.29 is 14.6 Å². The van der Waals surface area contributed by atoms with Crippen LogP contribution in [-0.4, -0.2) is 31.1 Å². The molecule has 0 atom stereocenters. The zero-order valence-electron chi connectivity index (χ0n) is 14.9. The van der Waals surface area contributed by atoms with Crippen LogP contribution < -0.4 is 9.64 Å². The van der Waals surface area contributed by atoms with Gasteiger partial charge in [-0.05, 0) is 55.3 Å². The number of carbonyl (C=O) groups is 1. The standard InChI is InChI=1S/C21H23NO3/c1-4-22(5-2)17-8-6-14(7-9-17)10-16-11-15-12-20(25-3)19(23)13-18(15)21(16)24/h6-10,12-13,23H,4-5,11H2,1-3H3/b16-10+. The van der Waals surface area contributed by atoms with Crippen molar-refractivity contribution in [1.82, 2.24) is 0 Å². The fourth-order valence-electron chi connectivity index (χ4n) is 3.28. The number of hydrogen-bond acceptors (Lipinski definition) is 4. The van der Waals surface area contributed by atoms with Crippen LogP contribution in [0.25, 0.3) is 6.08 Å². The summed E-state index contributed by atoms with van der Waals surface area (Å²) in [5, 5.41) is 9.90. The highest BCUT2D eigenvalue weighted by Crippen LogP contribution is 2.36. The molecule has 0 aromatic heterocycles. The average Bonchev–Trinajstić information content (AvgIpc) is 2.92. The summed E-state index contributed by atoms with van der Waals surface area (Å²) in [5.41, 5.74) is 4.37. The number of carbonyl (C=O) groups excluding carboxylic acids is 1. The summed E-state index contributed by atoms with van der Waals surface area (Å²) in [6, 6.07) is 11.5. The molecule has 0 radical (unpaired) electrons. The van der Waals surface area contributed by atoms with Gasteiger partial charge >= 0.3 is 0 Å². The molecule has 0 spiro atoms. The number of aromatic hydroxyl groups is 1. The summed E-state index contributed by atoms with van der Waals surface area (Å²) >= 11 is 0. The summed E-state index contributed by atoms with van der Waals surface area (Å²) in [7, 11) is 1.51. The van der Waals surface area contributed by atoms with Gasteiger partial charge in [0.1, 0.15) is 0 Å². The number of fused-ring (bicyclic) bond motifs is 1. The number of allylic oxidation sites excluding steroid dienone is 1. The van der Waals surface area contributed by atoms with Crippen molar-refractivity contribution in [2.75, 3.05) is 25.1 Å². The van der Waals surface area contributed by atoms with Crippen LogP contribution in [0, 0.1) is 0 Å². The molecule has 1 N–H and O–H groups in total. The molecule has 0 bridgehead atoms. The van der Waals surface area contributed by atoms with E-state index in [0.717, 1.165) is 29.8 Å². The summed E-state index contributed by atoms with van der Waals surface area (Å²) < 4.78 is 5.13. The van der Waals surface area contributed by atoms with E-state index in [4.69, 9.17) is 4.74 Å². The van der Waals surface area contributed by atoms with Gasteiger partial charge in [-0.15, -0.1) is 0 Å². The Balaban J connectivity index is 1.86. The van der Waals surface area contributed by atoms with Gasteiger partial charge < -0.3 is 14.7 Å². The molecule has 0 amide bonds. The normalized spacial score (nSPS) is 14.7. The highest BCUT2D eigenvalue weighted by atomic mass is 16.5. The van der Waals surface area contributed by atoms with E-state index in [1.165, 1.54) is 18.9 Å². The van der Waals surface area contributed by atoms with Crippen molar-refractivity contribution in [1.29, 1.82) is 0 Å². The highest BCUT2D eigenvalue weighted by Gasteiger charge is 2.26. The number of ketones is 1. The number of rotatable bonds is 5. The zero-order chi connectivity index (χ0) is 18.0. The number of phenolic OH excluding ortho intramolecular Hbond substituents is 1. The van der Waals surface area contributed by atoms with Gasteiger partial charge in [0, 0.05) is 36.3 Å². The van der Waals surface area contributed by atoms with Crippen LogP contribution in [0.15, 0.2) is 42.0 Å². The minimum atomic E-state index is -0.0271. The number of Topliss-reactive ketones (excluding diaryl/α,β-unsaturated/α-hetero) is 1. The van der Waals surface area contributed by atoms with E-state index >= 15 is 0 Å². The molecule has 4 heteroatoms. The maximum Gasteiger partial charge on any atom is 0.189 e. The third kappa shape index (κ3) is 3.25. The molecule has 2 aromatic rings. The van der Waals surface area contributed by atoms with E-state index in [2.05, 4.69) is 30.9 Å². The second kappa shape index (κ2) is 7.01. The van der Waals surface area contributed by atoms with Crippen molar-refractivity contribution >= 4 is 17.5 Å². The maximum absolute atomic E-state index is 12.6. The number of benzene rings is 2. The number of methoxy groups -OCH3 is 1. The SMILES string of the molecule is CCN(CC)c1ccc(/C=C2\Cc3cc(OC)c(O)cc3C2=O)cc1. The Hall–Kier alpha value is -2.75. The molecular formula is C21H23NO3. The first-order chi connectivity index (χ1) is 12.1. The average molecular weight is 337 g/mol. The molecule has 2 aromatic carbocycles. The van der Waals surface area contributed by atoms with Crippen molar-refractivity contribution in [3.8, 4) is 11.5 Å². The lowest BCUT2D eigenvalue weighted by Gasteiger charge is -2.20. The van der Waals surface area contributed by atoms with Crippen LogP contribution in [0.2, 0.25) is 0 Å². The van der Waals surface area contributed by atoms with Crippen LogP contribution in [-0.2, 0) is 6.42 Å². The molecule has 25 heavy (non-hydrogen) atoms. The summed E-state index contributed by atoms with van der Waals surface area (Å²) in [5.74, 6) is 0.372. The van der Waals surface area contributed by atoms with Gasteiger partial charge in [-0.2, -0.15) is 0 Å². The van der Waals surface area contributed by atoms with E-state index in [-0.39, 0.29) is 11.5 Å². The number of ether oxygens (including phenoxy) is 1. The minimum Gasteiger partial charge on any atom is -0.504 e. The highest BCUT2D eigenvalue weighted by molar-refractivity contribution is 6.15. The molecule has 1 aliphatic carbocycles. The maximum atomic E-state index is 12.6. The second-order valence-electron chi connectivity index (χ2n) is 6.12. The molecule has 4 nitrogen and oxygen atoms in total. The third-order valence-electron chi connectivity index (χ3n) is 4.68. The molecule has 3 rings (SSSR count). The number of phenols is 1. The monoisotopic (exact) mass is 337 g/mol. The van der Waals surface area contributed by atoms with Crippen molar-refractivity contribution in [2.45, 2.75) is 20.3 Å².